The molecule has 2 nitrogen and oxygen atoms in total. The summed E-state index contributed by atoms with van der Waals surface area (Å²) in [5.74, 6) is 0. The van der Waals surface area contributed by atoms with E-state index in [1.807, 2.05) is 0 Å². The first-order valence-electron chi connectivity index (χ1n) is 7.04. The summed E-state index contributed by atoms with van der Waals surface area (Å²) >= 11 is 1.77. The van der Waals surface area contributed by atoms with Crippen molar-refractivity contribution in [1.29, 1.82) is 0 Å². The van der Waals surface area contributed by atoms with E-state index in [0.29, 0.717) is 6.04 Å². The van der Waals surface area contributed by atoms with Crippen LogP contribution in [-0.4, -0.2) is 24.8 Å². The fraction of sp³-hybridized carbons (Fsp3) is 0.733. The van der Waals surface area contributed by atoms with E-state index in [2.05, 4.69) is 49.8 Å². The maximum atomic E-state index is 6.03. The van der Waals surface area contributed by atoms with Crippen LogP contribution in [0.3, 0.4) is 0 Å². The van der Waals surface area contributed by atoms with Gasteiger partial charge in [-0.1, -0.05) is 13.8 Å². The van der Waals surface area contributed by atoms with Gasteiger partial charge in [0.15, 0.2) is 0 Å². The van der Waals surface area contributed by atoms with Crippen LogP contribution in [0.4, 0.5) is 0 Å². The van der Waals surface area contributed by atoms with Gasteiger partial charge in [-0.15, -0.1) is 0 Å². The molecule has 1 N–H and O–H groups in total. The van der Waals surface area contributed by atoms with E-state index >= 15 is 0 Å². The third-order valence-corrected chi connectivity index (χ3v) is 4.31. The molecule has 1 aromatic heterocycles. The second kappa shape index (κ2) is 7.93. The molecule has 0 radical (unpaired) electrons. The van der Waals surface area contributed by atoms with E-state index in [-0.39, 0.29) is 5.60 Å². The van der Waals surface area contributed by atoms with Crippen molar-refractivity contribution in [2.24, 2.45) is 0 Å². The monoisotopic (exact) mass is 269 g/mol. The largest absolute Gasteiger partial charge is 0.374 e. The van der Waals surface area contributed by atoms with E-state index in [9.17, 15) is 0 Å². The highest BCUT2D eigenvalue weighted by Crippen LogP contribution is 2.24. The summed E-state index contributed by atoms with van der Waals surface area (Å²) in [6.45, 7) is 10.6. The summed E-state index contributed by atoms with van der Waals surface area (Å²) in [6.07, 6.45) is 3.24. The van der Waals surface area contributed by atoms with Gasteiger partial charge in [-0.05, 0) is 62.0 Å². The van der Waals surface area contributed by atoms with Crippen LogP contribution in [-0.2, 0) is 11.2 Å². The Morgan fingerprint density at radius 1 is 1.39 bits per heavy atom. The van der Waals surface area contributed by atoms with Crippen LogP contribution in [0.25, 0.3) is 0 Å². The molecule has 0 spiro atoms. The first-order chi connectivity index (χ1) is 8.66. The van der Waals surface area contributed by atoms with Crippen LogP contribution in [0.15, 0.2) is 16.8 Å². The molecule has 3 heteroatoms. The number of hydrogen-bond donors (Lipinski definition) is 1. The summed E-state index contributed by atoms with van der Waals surface area (Å²) < 4.78 is 6.03. The van der Waals surface area contributed by atoms with Gasteiger partial charge < -0.3 is 10.1 Å². The molecule has 18 heavy (non-hydrogen) atoms. The molecule has 0 aliphatic heterocycles. The zero-order valence-corrected chi connectivity index (χ0v) is 13.0. The Balaban J connectivity index is 2.74. The lowest BCUT2D eigenvalue weighted by molar-refractivity contribution is -0.0549. The maximum absolute atomic E-state index is 6.03. The van der Waals surface area contributed by atoms with Gasteiger partial charge >= 0.3 is 0 Å². The Hall–Kier alpha value is -0.380. The zero-order chi connectivity index (χ0) is 13.4. The summed E-state index contributed by atoms with van der Waals surface area (Å²) in [7, 11) is 0. The molecule has 0 amide bonds. The molecule has 0 bridgehead atoms. The Labute approximate surface area is 116 Å². The molecule has 0 fully saturated rings. The first-order valence-corrected chi connectivity index (χ1v) is 7.99. The highest BCUT2D eigenvalue weighted by Gasteiger charge is 2.32. The molecule has 1 heterocycles. The van der Waals surface area contributed by atoms with Crippen LogP contribution in [0.1, 0.15) is 46.1 Å². The van der Waals surface area contributed by atoms with Gasteiger partial charge in [-0.3, -0.25) is 0 Å². The number of hydrogen-bond acceptors (Lipinski definition) is 3. The van der Waals surface area contributed by atoms with Gasteiger partial charge in [-0.25, -0.2) is 0 Å². The number of rotatable bonds is 9. The normalized spacial score (nSPS) is 16.4. The quantitative estimate of drug-likeness (QED) is 0.735. The van der Waals surface area contributed by atoms with Crippen molar-refractivity contribution in [3.8, 4) is 0 Å². The summed E-state index contributed by atoms with van der Waals surface area (Å²) in [5.41, 5.74) is 1.33. The lowest BCUT2D eigenvalue weighted by atomic mass is 9.88. The molecule has 2 unspecified atom stereocenters. The van der Waals surface area contributed by atoms with Crippen LogP contribution in [0.2, 0.25) is 0 Å². The third-order valence-electron chi connectivity index (χ3n) is 3.57. The fourth-order valence-corrected chi connectivity index (χ4v) is 2.93. The smallest absolute Gasteiger partial charge is 0.0807 e. The van der Waals surface area contributed by atoms with Crippen molar-refractivity contribution in [3.05, 3.63) is 22.4 Å². The standard InChI is InChI=1S/C15H27NOS/c1-5-9-16-14(11-13-8-10-18-12-13)15(4,6-2)17-7-3/h8,10,12,14,16H,5-7,9,11H2,1-4H3. The Kier molecular flexibility index (Phi) is 6.90. The first kappa shape index (κ1) is 15.7. The van der Waals surface area contributed by atoms with Crippen molar-refractivity contribution in [2.75, 3.05) is 13.2 Å². The van der Waals surface area contributed by atoms with Gasteiger partial charge in [0.25, 0.3) is 0 Å². The Bertz CT molecular complexity index is 312. The second-order valence-electron chi connectivity index (χ2n) is 4.94. The van der Waals surface area contributed by atoms with E-state index in [0.717, 1.165) is 32.4 Å². The second-order valence-corrected chi connectivity index (χ2v) is 5.72. The van der Waals surface area contributed by atoms with Crippen molar-refractivity contribution in [1.82, 2.24) is 5.32 Å². The lowest BCUT2D eigenvalue weighted by Crippen LogP contribution is -2.51. The van der Waals surface area contributed by atoms with E-state index in [1.165, 1.54) is 5.56 Å². The molecule has 2 atom stereocenters. The molecule has 1 rings (SSSR count). The molecule has 0 aliphatic carbocycles. The Morgan fingerprint density at radius 2 is 2.17 bits per heavy atom. The summed E-state index contributed by atoms with van der Waals surface area (Å²) in [6, 6.07) is 2.60. The molecule has 0 saturated heterocycles. The topological polar surface area (TPSA) is 21.3 Å². The van der Waals surface area contributed by atoms with Crippen molar-refractivity contribution in [2.45, 2.75) is 58.6 Å². The average Bonchev–Trinajstić information content (AvgIpc) is 2.87. The molecule has 0 aliphatic rings. The molecule has 0 saturated carbocycles. The lowest BCUT2D eigenvalue weighted by Gasteiger charge is -2.37. The van der Waals surface area contributed by atoms with Crippen LogP contribution < -0.4 is 5.32 Å². The van der Waals surface area contributed by atoms with Gasteiger partial charge in [0.1, 0.15) is 0 Å². The fourth-order valence-electron chi connectivity index (χ4n) is 2.25. The minimum absolute atomic E-state index is 0.0775. The van der Waals surface area contributed by atoms with E-state index < -0.39 is 0 Å². The van der Waals surface area contributed by atoms with Crippen LogP contribution in [0.5, 0.6) is 0 Å². The van der Waals surface area contributed by atoms with Crippen LogP contribution >= 0.6 is 11.3 Å². The SMILES string of the molecule is CCCNC(Cc1ccsc1)C(C)(CC)OCC. The summed E-state index contributed by atoms with van der Waals surface area (Å²) in [5, 5.41) is 8.05. The van der Waals surface area contributed by atoms with Crippen molar-refractivity contribution in [3.63, 3.8) is 0 Å². The zero-order valence-electron chi connectivity index (χ0n) is 12.2. The van der Waals surface area contributed by atoms with E-state index in [1.54, 1.807) is 11.3 Å². The predicted molar refractivity (Wildman–Crippen MR) is 80.4 cm³/mol. The minimum Gasteiger partial charge on any atom is -0.374 e. The maximum Gasteiger partial charge on any atom is 0.0807 e. The minimum atomic E-state index is -0.0775. The van der Waals surface area contributed by atoms with Crippen molar-refractivity contribution < 1.29 is 4.74 Å². The predicted octanol–water partition coefficient (Wildman–Crippen LogP) is 3.86. The molecular weight excluding hydrogens is 242 g/mol. The molecular formula is C15H27NOS. The van der Waals surface area contributed by atoms with Gasteiger partial charge in [0, 0.05) is 12.6 Å². The average molecular weight is 269 g/mol. The van der Waals surface area contributed by atoms with Gasteiger partial charge in [0.05, 0.1) is 5.60 Å². The highest BCUT2D eigenvalue weighted by molar-refractivity contribution is 7.07. The van der Waals surface area contributed by atoms with Crippen molar-refractivity contribution >= 4 is 11.3 Å². The van der Waals surface area contributed by atoms with Gasteiger partial charge in [-0.2, -0.15) is 11.3 Å². The van der Waals surface area contributed by atoms with E-state index in [4.69, 9.17) is 4.74 Å². The Morgan fingerprint density at radius 3 is 2.67 bits per heavy atom. The van der Waals surface area contributed by atoms with Gasteiger partial charge in [0.2, 0.25) is 0 Å². The third kappa shape index (κ3) is 4.38. The molecule has 104 valence electrons. The molecule has 0 aromatic carbocycles. The summed E-state index contributed by atoms with van der Waals surface area (Å²) in [4.78, 5) is 0. The molecule has 1 aromatic rings. The highest BCUT2D eigenvalue weighted by atomic mass is 32.1. The number of ether oxygens (including phenoxy) is 1. The number of thiophene rings is 1. The number of nitrogens with one attached hydrogen (secondary N) is 1. The van der Waals surface area contributed by atoms with Crippen LogP contribution in [0, 0.1) is 0 Å².